The Bertz CT molecular complexity index is 857. The summed E-state index contributed by atoms with van der Waals surface area (Å²) in [6.45, 7) is 0. The summed E-state index contributed by atoms with van der Waals surface area (Å²) in [5.74, 6) is -0.258. The van der Waals surface area contributed by atoms with E-state index in [-0.39, 0.29) is 5.91 Å². The number of rotatable bonds is 3. The van der Waals surface area contributed by atoms with Crippen LogP contribution in [0.3, 0.4) is 0 Å². The Labute approximate surface area is 143 Å². The lowest BCUT2D eigenvalue weighted by molar-refractivity contribution is 0.0957. The van der Waals surface area contributed by atoms with Crippen LogP contribution < -0.4 is 5.32 Å². The number of halogens is 2. The van der Waals surface area contributed by atoms with Gasteiger partial charge in [0.05, 0.1) is 16.4 Å². The molecule has 0 saturated carbocycles. The first-order valence-corrected chi connectivity index (χ1v) is 7.68. The Hall–Kier alpha value is -2.30. The summed E-state index contributed by atoms with van der Waals surface area (Å²) in [6.07, 6.45) is 0. The first-order chi connectivity index (χ1) is 11.1. The molecule has 116 valence electrons. The van der Waals surface area contributed by atoms with Crippen molar-refractivity contribution in [3.8, 4) is 16.9 Å². The van der Waals surface area contributed by atoms with E-state index in [0.717, 1.165) is 11.3 Å². The number of hydrogen-bond donors (Lipinski definition) is 1. The molecule has 0 unspecified atom stereocenters. The van der Waals surface area contributed by atoms with E-state index in [9.17, 15) is 4.79 Å². The fraction of sp³-hybridized carbons (Fsp3) is 0.0588. The zero-order valence-electron chi connectivity index (χ0n) is 12.3. The van der Waals surface area contributed by atoms with Crippen LogP contribution in [0.5, 0.6) is 0 Å². The Morgan fingerprint density at radius 3 is 2.43 bits per heavy atom. The fourth-order valence-electron chi connectivity index (χ4n) is 2.25. The predicted octanol–water partition coefficient (Wildman–Crippen LogP) is 4.21. The van der Waals surface area contributed by atoms with Gasteiger partial charge in [-0.25, -0.2) is 4.68 Å². The number of amides is 1. The molecule has 23 heavy (non-hydrogen) atoms. The van der Waals surface area contributed by atoms with E-state index in [1.165, 1.54) is 0 Å². The molecule has 0 atom stereocenters. The maximum atomic E-state index is 11.9. The zero-order valence-corrected chi connectivity index (χ0v) is 13.8. The molecule has 2 aromatic carbocycles. The average molecular weight is 346 g/mol. The largest absolute Gasteiger partial charge is 0.354 e. The quantitative estimate of drug-likeness (QED) is 0.772. The number of nitrogens with one attached hydrogen (secondary N) is 1. The summed E-state index contributed by atoms with van der Waals surface area (Å²) in [5.41, 5.74) is 2.66. The normalized spacial score (nSPS) is 10.6. The van der Waals surface area contributed by atoms with Gasteiger partial charge in [0.15, 0.2) is 5.69 Å². The highest BCUT2D eigenvalue weighted by Gasteiger charge is 2.17. The molecule has 3 rings (SSSR count). The van der Waals surface area contributed by atoms with E-state index in [4.69, 9.17) is 23.2 Å². The van der Waals surface area contributed by atoms with Crippen molar-refractivity contribution in [1.82, 2.24) is 15.1 Å². The van der Waals surface area contributed by atoms with Gasteiger partial charge in [-0.05, 0) is 30.3 Å². The lowest BCUT2D eigenvalue weighted by Crippen LogP contribution is -2.18. The van der Waals surface area contributed by atoms with Gasteiger partial charge in [-0.2, -0.15) is 5.10 Å². The van der Waals surface area contributed by atoms with Gasteiger partial charge >= 0.3 is 0 Å². The summed E-state index contributed by atoms with van der Waals surface area (Å²) in [6, 6.07) is 16.4. The van der Waals surface area contributed by atoms with Crippen molar-refractivity contribution in [1.29, 1.82) is 0 Å². The third-order valence-corrected chi connectivity index (χ3v) is 3.96. The van der Waals surface area contributed by atoms with Crippen molar-refractivity contribution >= 4 is 29.1 Å². The predicted molar refractivity (Wildman–Crippen MR) is 92.4 cm³/mol. The van der Waals surface area contributed by atoms with Crippen molar-refractivity contribution < 1.29 is 4.79 Å². The van der Waals surface area contributed by atoms with E-state index in [2.05, 4.69) is 10.4 Å². The number of nitrogens with zero attached hydrogens (tertiary/aromatic N) is 2. The van der Waals surface area contributed by atoms with Gasteiger partial charge in [0.2, 0.25) is 0 Å². The van der Waals surface area contributed by atoms with Crippen LogP contribution in [0.15, 0.2) is 54.6 Å². The molecule has 1 heterocycles. The molecule has 0 saturated heterocycles. The molecule has 0 fully saturated rings. The number of aromatic nitrogens is 2. The van der Waals surface area contributed by atoms with Crippen molar-refractivity contribution in [2.75, 3.05) is 7.05 Å². The fourth-order valence-corrected chi connectivity index (χ4v) is 2.60. The number of hydrogen-bond acceptors (Lipinski definition) is 2. The van der Waals surface area contributed by atoms with Gasteiger partial charge in [-0.15, -0.1) is 0 Å². The first-order valence-electron chi connectivity index (χ1n) is 6.93. The Balaban J connectivity index is 2.21. The molecular formula is C17H13Cl2N3O. The molecule has 0 spiro atoms. The highest BCUT2D eigenvalue weighted by molar-refractivity contribution is 6.32. The van der Waals surface area contributed by atoms with Gasteiger partial charge in [0.25, 0.3) is 5.91 Å². The second kappa shape index (κ2) is 6.44. The minimum absolute atomic E-state index is 0.258. The molecule has 4 nitrogen and oxygen atoms in total. The van der Waals surface area contributed by atoms with E-state index >= 15 is 0 Å². The first kappa shape index (κ1) is 15.6. The van der Waals surface area contributed by atoms with Crippen LogP contribution in [0.25, 0.3) is 16.9 Å². The molecule has 0 aliphatic rings. The average Bonchev–Trinajstić information content (AvgIpc) is 3.00. The topological polar surface area (TPSA) is 46.9 Å². The minimum atomic E-state index is -0.258. The molecular weight excluding hydrogens is 333 g/mol. The van der Waals surface area contributed by atoms with Gasteiger partial charge in [0, 0.05) is 17.6 Å². The maximum absolute atomic E-state index is 11.9. The van der Waals surface area contributed by atoms with Crippen molar-refractivity contribution in [3.05, 3.63) is 70.3 Å². The number of benzene rings is 2. The second-order valence-corrected chi connectivity index (χ2v) is 5.71. The lowest BCUT2D eigenvalue weighted by Gasteiger charge is -2.09. The number of carbonyl (C=O) groups excluding carboxylic acids is 1. The SMILES string of the molecule is CNC(=O)c1cc(-c2ccc(Cl)cc2)n(-c2ccccc2Cl)n1. The van der Waals surface area contributed by atoms with Gasteiger partial charge < -0.3 is 5.32 Å². The zero-order chi connectivity index (χ0) is 16.4. The monoisotopic (exact) mass is 345 g/mol. The minimum Gasteiger partial charge on any atom is -0.354 e. The molecule has 6 heteroatoms. The van der Waals surface area contributed by atoms with Crippen LogP contribution in [0.1, 0.15) is 10.5 Å². The van der Waals surface area contributed by atoms with Crippen LogP contribution in [0, 0.1) is 0 Å². The highest BCUT2D eigenvalue weighted by Crippen LogP contribution is 2.28. The van der Waals surface area contributed by atoms with E-state index in [1.54, 1.807) is 36.0 Å². The molecule has 1 N–H and O–H groups in total. The molecule has 0 aliphatic carbocycles. The summed E-state index contributed by atoms with van der Waals surface area (Å²) in [5, 5.41) is 8.17. The van der Waals surface area contributed by atoms with Crippen LogP contribution >= 0.6 is 23.2 Å². The molecule has 0 aliphatic heterocycles. The van der Waals surface area contributed by atoms with Gasteiger partial charge in [-0.1, -0.05) is 47.5 Å². The van der Waals surface area contributed by atoms with E-state index in [0.29, 0.717) is 21.4 Å². The maximum Gasteiger partial charge on any atom is 0.271 e. The third kappa shape index (κ3) is 3.09. The number of carbonyl (C=O) groups is 1. The lowest BCUT2D eigenvalue weighted by atomic mass is 10.1. The van der Waals surface area contributed by atoms with Crippen LogP contribution in [0.4, 0.5) is 0 Å². The standard InChI is InChI=1S/C17H13Cl2N3O/c1-20-17(23)14-10-16(11-6-8-12(18)9-7-11)22(21-14)15-5-3-2-4-13(15)19/h2-10H,1H3,(H,20,23). The summed E-state index contributed by atoms with van der Waals surface area (Å²) >= 11 is 12.2. The molecule has 0 radical (unpaired) electrons. The van der Waals surface area contributed by atoms with E-state index in [1.807, 2.05) is 30.3 Å². The Kier molecular flexibility index (Phi) is 4.37. The summed E-state index contributed by atoms with van der Waals surface area (Å²) < 4.78 is 1.66. The van der Waals surface area contributed by atoms with Gasteiger partial charge in [0.1, 0.15) is 0 Å². The van der Waals surface area contributed by atoms with Crippen LogP contribution in [0.2, 0.25) is 10.0 Å². The second-order valence-electron chi connectivity index (χ2n) is 4.86. The van der Waals surface area contributed by atoms with E-state index < -0.39 is 0 Å². The summed E-state index contributed by atoms with van der Waals surface area (Å²) in [7, 11) is 1.57. The number of para-hydroxylation sites is 1. The third-order valence-electron chi connectivity index (χ3n) is 3.39. The highest BCUT2D eigenvalue weighted by atomic mass is 35.5. The molecule has 3 aromatic rings. The molecule has 1 amide bonds. The van der Waals surface area contributed by atoms with Gasteiger partial charge in [-0.3, -0.25) is 4.79 Å². The summed E-state index contributed by atoms with van der Waals surface area (Å²) in [4.78, 5) is 11.9. The Morgan fingerprint density at radius 2 is 1.78 bits per heavy atom. The van der Waals surface area contributed by atoms with Crippen molar-refractivity contribution in [3.63, 3.8) is 0 Å². The molecule has 0 bridgehead atoms. The smallest absolute Gasteiger partial charge is 0.271 e. The van der Waals surface area contributed by atoms with Crippen molar-refractivity contribution in [2.45, 2.75) is 0 Å². The molecule has 1 aromatic heterocycles. The van der Waals surface area contributed by atoms with Crippen molar-refractivity contribution in [2.24, 2.45) is 0 Å². The Morgan fingerprint density at radius 1 is 1.09 bits per heavy atom. The van der Waals surface area contributed by atoms with Crippen LogP contribution in [-0.2, 0) is 0 Å². The van der Waals surface area contributed by atoms with Crippen LogP contribution in [-0.4, -0.2) is 22.7 Å².